The normalized spacial score (nSPS) is 17.4. The standard InChI is InChI=1S/C23H24N2O5/c1-14-11-18-20(26)13-23(30-21(18)12-15(14)2)7-9-24(10-8-23)22(27)17-5-4-6-19(16(17)3)25(28)29/h4-6,11-12H,7-10,13H2,1-3H3. The number of ketones is 1. The van der Waals surface area contributed by atoms with Crippen molar-refractivity contribution in [3.8, 4) is 5.75 Å². The topological polar surface area (TPSA) is 89.8 Å². The van der Waals surface area contributed by atoms with Crippen LogP contribution in [-0.4, -0.2) is 40.2 Å². The summed E-state index contributed by atoms with van der Waals surface area (Å²) >= 11 is 0. The average Bonchev–Trinajstić information content (AvgIpc) is 2.70. The first-order valence-corrected chi connectivity index (χ1v) is 10.1. The van der Waals surface area contributed by atoms with Crippen LogP contribution >= 0.6 is 0 Å². The number of nitrogens with zero attached hydrogens (tertiary/aromatic N) is 2. The predicted molar refractivity (Wildman–Crippen MR) is 111 cm³/mol. The molecule has 0 saturated carbocycles. The Morgan fingerprint density at radius 2 is 1.80 bits per heavy atom. The van der Waals surface area contributed by atoms with E-state index in [9.17, 15) is 19.7 Å². The summed E-state index contributed by atoms with van der Waals surface area (Å²) in [5.41, 5.74) is 2.84. The van der Waals surface area contributed by atoms with Crippen LogP contribution in [0.5, 0.6) is 5.75 Å². The molecule has 2 aliphatic rings. The van der Waals surface area contributed by atoms with E-state index >= 15 is 0 Å². The van der Waals surface area contributed by atoms with Crippen LogP contribution in [0, 0.1) is 30.9 Å². The number of likely N-dealkylation sites (tertiary alicyclic amines) is 1. The van der Waals surface area contributed by atoms with Gasteiger partial charge in [-0.1, -0.05) is 6.07 Å². The van der Waals surface area contributed by atoms with Gasteiger partial charge in [0.15, 0.2) is 5.78 Å². The summed E-state index contributed by atoms with van der Waals surface area (Å²) in [6.07, 6.45) is 1.40. The third-order valence-electron chi connectivity index (χ3n) is 6.40. The van der Waals surface area contributed by atoms with Crippen LogP contribution in [0.2, 0.25) is 0 Å². The molecule has 2 heterocycles. The molecule has 0 aromatic heterocycles. The molecule has 2 aliphatic heterocycles. The first kappa shape index (κ1) is 20.1. The summed E-state index contributed by atoms with van der Waals surface area (Å²) in [7, 11) is 0. The molecule has 0 unspecified atom stereocenters. The van der Waals surface area contributed by atoms with Crippen molar-refractivity contribution in [3.05, 3.63) is 68.3 Å². The highest BCUT2D eigenvalue weighted by atomic mass is 16.6. The number of carbonyl (C=O) groups excluding carboxylic acids is 2. The lowest BCUT2D eigenvalue weighted by atomic mass is 9.81. The van der Waals surface area contributed by atoms with Gasteiger partial charge in [0.1, 0.15) is 11.4 Å². The van der Waals surface area contributed by atoms with Gasteiger partial charge < -0.3 is 9.64 Å². The molecule has 1 saturated heterocycles. The summed E-state index contributed by atoms with van der Waals surface area (Å²) in [5, 5.41) is 11.2. The molecule has 0 atom stereocenters. The van der Waals surface area contributed by atoms with Gasteiger partial charge in [-0.05, 0) is 50.1 Å². The maximum atomic E-state index is 13.0. The number of rotatable bonds is 2. The van der Waals surface area contributed by atoms with E-state index in [2.05, 4.69) is 0 Å². The number of ether oxygens (including phenoxy) is 1. The van der Waals surface area contributed by atoms with Crippen LogP contribution in [0.15, 0.2) is 30.3 Å². The summed E-state index contributed by atoms with van der Waals surface area (Å²) in [4.78, 5) is 38.2. The molecular formula is C23H24N2O5. The van der Waals surface area contributed by atoms with Gasteiger partial charge in [0.05, 0.1) is 16.9 Å². The Morgan fingerprint density at radius 3 is 2.47 bits per heavy atom. The molecule has 30 heavy (non-hydrogen) atoms. The second-order valence-electron chi connectivity index (χ2n) is 8.32. The monoisotopic (exact) mass is 408 g/mol. The van der Waals surface area contributed by atoms with E-state index in [1.165, 1.54) is 12.1 Å². The summed E-state index contributed by atoms with van der Waals surface area (Å²) in [6.45, 7) is 6.45. The van der Waals surface area contributed by atoms with Crippen molar-refractivity contribution in [1.29, 1.82) is 0 Å². The molecule has 4 rings (SSSR count). The Bertz CT molecular complexity index is 1070. The Balaban J connectivity index is 1.52. The Hall–Kier alpha value is -3.22. The zero-order chi connectivity index (χ0) is 21.6. The highest BCUT2D eigenvalue weighted by Gasteiger charge is 2.44. The molecule has 1 spiro atoms. The fourth-order valence-electron chi connectivity index (χ4n) is 4.37. The molecule has 2 aromatic carbocycles. The van der Waals surface area contributed by atoms with Crippen molar-refractivity contribution in [2.24, 2.45) is 0 Å². The third-order valence-corrected chi connectivity index (χ3v) is 6.40. The van der Waals surface area contributed by atoms with Crippen molar-refractivity contribution in [3.63, 3.8) is 0 Å². The molecule has 0 radical (unpaired) electrons. The van der Waals surface area contributed by atoms with Gasteiger partial charge in [-0.25, -0.2) is 0 Å². The zero-order valence-electron chi connectivity index (χ0n) is 17.4. The SMILES string of the molecule is Cc1cc2c(cc1C)C(=O)CC1(CCN(C(=O)c3cccc([N+](=O)[O-])c3C)CC1)O2. The number of aryl methyl sites for hydroxylation is 2. The quantitative estimate of drug-likeness (QED) is 0.550. The van der Waals surface area contributed by atoms with Gasteiger partial charge in [-0.3, -0.25) is 19.7 Å². The second-order valence-corrected chi connectivity index (χ2v) is 8.32. The van der Waals surface area contributed by atoms with E-state index < -0.39 is 10.5 Å². The van der Waals surface area contributed by atoms with Crippen molar-refractivity contribution in [2.45, 2.75) is 45.6 Å². The van der Waals surface area contributed by atoms with Gasteiger partial charge in [0.25, 0.3) is 11.6 Å². The van der Waals surface area contributed by atoms with Crippen LogP contribution in [0.3, 0.4) is 0 Å². The van der Waals surface area contributed by atoms with E-state index in [4.69, 9.17) is 4.74 Å². The molecule has 7 heteroatoms. The molecule has 7 nitrogen and oxygen atoms in total. The van der Waals surface area contributed by atoms with Crippen LogP contribution in [0.4, 0.5) is 5.69 Å². The highest BCUT2D eigenvalue weighted by molar-refractivity contribution is 6.01. The van der Waals surface area contributed by atoms with Crippen molar-refractivity contribution in [2.75, 3.05) is 13.1 Å². The van der Waals surface area contributed by atoms with E-state index in [1.54, 1.807) is 17.9 Å². The Labute approximate surface area is 174 Å². The molecule has 1 fully saturated rings. The lowest BCUT2D eigenvalue weighted by Crippen LogP contribution is -2.52. The predicted octanol–water partition coefficient (Wildman–Crippen LogP) is 4.16. The van der Waals surface area contributed by atoms with E-state index in [-0.39, 0.29) is 17.4 Å². The number of benzene rings is 2. The molecule has 156 valence electrons. The number of carbonyl (C=O) groups is 2. The number of nitro groups is 1. The van der Waals surface area contributed by atoms with Gasteiger partial charge in [0, 0.05) is 43.1 Å². The van der Waals surface area contributed by atoms with Gasteiger partial charge in [-0.2, -0.15) is 0 Å². The molecule has 2 aromatic rings. The maximum absolute atomic E-state index is 13.0. The smallest absolute Gasteiger partial charge is 0.273 e. The largest absolute Gasteiger partial charge is 0.486 e. The van der Waals surface area contributed by atoms with Crippen LogP contribution in [-0.2, 0) is 0 Å². The van der Waals surface area contributed by atoms with Gasteiger partial charge in [-0.15, -0.1) is 0 Å². The molecule has 0 aliphatic carbocycles. The van der Waals surface area contributed by atoms with Crippen LogP contribution < -0.4 is 4.74 Å². The fraction of sp³-hybridized carbons (Fsp3) is 0.391. The third kappa shape index (κ3) is 3.34. The van der Waals surface area contributed by atoms with E-state index in [1.807, 2.05) is 26.0 Å². The zero-order valence-corrected chi connectivity index (χ0v) is 17.4. The van der Waals surface area contributed by atoms with Crippen molar-refractivity contribution in [1.82, 2.24) is 4.90 Å². The number of amides is 1. The lowest BCUT2D eigenvalue weighted by molar-refractivity contribution is -0.385. The number of Topliss-reactive ketones (excluding diaryl/α,β-unsaturated/α-hetero) is 1. The average molecular weight is 408 g/mol. The van der Waals surface area contributed by atoms with Crippen LogP contribution in [0.1, 0.15) is 56.7 Å². The molecule has 0 N–H and O–H groups in total. The van der Waals surface area contributed by atoms with E-state index in [0.717, 1.165) is 11.1 Å². The minimum Gasteiger partial charge on any atom is -0.486 e. The van der Waals surface area contributed by atoms with Crippen LogP contribution in [0.25, 0.3) is 0 Å². The Morgan fingerprint density at radius 1 is 1.13 bits per heavy atom. The highest BCUT2D eigenvalue weighted by Crippen LogP contribution is 2.40. The van der Waals surface area contributed by atoms with Crippen molar-refractivity contribution < 1.29 is 19.2 Å². The summed E-state index contributed by atoms with van der Waals surface area (Å²) in [5.74, 6) is 0.484. The minimum absolute atomic E-state index is 0.0576. The van der Waals surface area contributed by atoms with Gasteiger partial charge >= 0.3 is 0 Å². The fourth-order valence-corrected chi connectivity index (χ4v) is 4.37. The maximum Gasteiger partial charge on any atom is 0.273 e. The van der Waals surface area contributed by atoms with E-state index in [0.29, 0.717) is 54.8 Å². The lowest BCUT2D eigenvalue weighted by Gasteiger charge is -2.44. The molecule has 1 amide bonds. The van der Waals surface area contributed by atoms with Gasteiger partial charge in [0.2, 0.25) is 0 Å². The summed E-state index contributed by atoms with van der Waals surface area (Å²) in [6, 6.07) is 8.38. The van der Waals surface area contributed by atoms with Crippen molar-refractivity contribution >= 4 is 17.4 Å². The number of hydrogen-bond acceptors (Lipinski definition) is 5. The first-order valence-electron chi connectivity index (χ1n) is 10.1. The number of nitro benzene ring substituents is 1. The minimum atomic E-state index is -0.597. The molecular weight excluding hydrogens is 384 g/mol. The number of piperidine rings is 1. The first-order chi connectivity index (χ1) is 14.2. The summed E-state index contributed by atoms with van der Waals surface area (Å²) < 4.78 is 6.33. The number of fused-ring (bicyclic) bond motifs is 1. The number of hydrogen-bond donors (Lipinski definition) is 0. The molecule has 0 bridgehead atoms. The Kier molecular flexibility index (Phi) is 4.84. The second kappa shape index (κ2) is 7.23.